The summed E-state index contributed by atoms with van der Waals surface area (Å²) >= 11 is 3.28. The maximum atomic E-state index is 13.0. The predicted molar refractivity (Wildman–Crippen MR) is 120 cm³/mol. The number of amides is 1. The van der Waals surface area contributed by atoms with Crippen molar-refractivity contribution in [1.29, 1.82) is 0 Å². The lowest BCUT2D eigenvalue weighted by atomic mass is 10.1. The summed E-state index contributed by atoms with van der Waals surface area (Å²) in [4.78, 5) is 12.8. The summed E-state index contributed by atoms with van der Waals surface area (Å²) < 4.78 is 34.3. The van der Waals surface area contributed by atoms with Crippen molar-refractivity contribution in [2.24, 2.45) is 0 Å². The molecule has 3 rings (SSSR count). The molecule has 156 valence electrons. The third kappa shape index (κ3) is 5.01. The number of carbonyl (C=O) groups excluding carboxylic acids is 1. The van der Waals surface area contributed by atoms with Gasteiger partial charge in [0.25, 0.3) is 15.9 Å². The van der Waals surface area contributed by atoms with Crippen molar-refractivity contribution in [3.8, 4) is 5.75 Å². The number of anilines is 1. The van der Waals surface area contributed by atoms with Crippen molar-refractivity contribution < 1.29 is 17.9 Å². The van der Waals surface area contributed by atoms with Crippen LogP contribution in [-0.2, 0) is 10.0 Å². The van der Waals surface area contributed by atoms with E-state index in [4.69, 9.17) is 4.74 Å². The molecule has 1 amide bonds. The van der Waals surface area contributed by atoms with E-state index < -0.39 is 10.0 Å². The summed E-state index contributed by atoms with van der Waals surface area (Å²) in [6, 6.07) is 20.4. The summed E-state index contributed by atoms with van der Waals surface area (Å²) in [6.07, 6.45) is 0. The van der Waals surface area contributed by atoms with E-state index in [0.29, 0.717) is 4.47 Å². The number of halogens is 1. The average Bonchev–Trinajstić information content (AvgIpc) is 2.74. The highest BCUT2D eigenvalue weighted by atomic mass is 79.9. The summed E-state index contributed by atoms with van der Waals surface area (Å²) in [6.45, 7) is 1.87. The molecule has 3 aromatic carbocycles. The van der Waals surface area contributed by atoms with Crippen LogP contribution in [0.5, 0.6) is 5.75 Å². The molecule has 8 heteroatoms. The van der Waals surface area contributed by atoms with Gasteiger partial charge in [0.05, 0.1) is 24.4 Å². The zero-order valence-electron chi connectivity index (χ0n) is 16.4. The Labute approximate surface area is 184 Å². The number of hydrogen-bond acceptors (Lipinski definition) is 4. The number of rotatable bonds is 7. The smallest absolute Gasteiger partial charge is 0.265 e. The van der Waals surface area contributed by atoms with Crippen molar-refractivity contribution >= 4 is 37.5 Å². The van der Waals surface area contributed by atoms with E-state index in [2.05, 4.69) is 26.0 Å². The Hall–Kier alpha value is -2.84. The largest absolute Gasteiger partial charge is 0.495 e. The normalized spacial score (nSPS) is 12.1. The molecular formula is C22H21BrN2O4S. The third-order valence-corrected chi connectivity index (χ3v) is 6.36. The van der Waals surface area contributed by atoms with Crippen molar-refractivity contribution in [2.45, 2.75) is 17.9 Å². The summed E-state index contributed by atoms with van der Waals surface area (Å²) in [5.41, 5.74) is 1.35. The Morgan fingerprint density at radius 2 is 1.67 bits per heavy atom. The lowest BCUT2D eigenvalue weighted by Gasteiger charge is -2.17. The molecule has 1 unspecified atom stereocenters. The standard InChI is InChI=1S/C22H21BrN2O4S/c1-15(16-8-4-3-5-9-16)24-22(26)18-10-6-7-11-19(18)25-30(27,28)21-14-17(23)12-13-20(21)29-2/h3-15,25H,1-2H3,(H,24,26). The zero-order chi connectivity index (χ0) is 21.7. The quantitative estimate of drug-likeness (QED) is 0.502. The van der Waals surface area contributed by atoms with Gasteiger partial charge < -0.3 is 10.1 Å². The maximum Gasteiger partial charge on any atom is 0.265 e. The first-order chi connectivity index (χ1) is 14.3. The van der Waals surface area contributed by atoms with Crippen molar-refractivity contribution in [1.82, 2.24) is 5.32 Å². The zero-order valence-corrected chi connectivity index (χ0v) is 18.8. The second-order valence-electron chi connectivity index (χ2n) is 6.55. The second kappa shape index (κ2) is 9.32. The molecule has 2 N–H and O–H groups in total. The Morgan fingerprint density at radius 1 is 1.00 bits per heavy atom. The molecule has 0 bridgehead atoms. The van der Waals surface area contributed by atoms with Crippen LogP contribution < -0.4 is 14.8 Å². The Balaban J connectivity index is 1.88. The Morgan fingerprint density at radius 3 is 2.37 bits per heavy atom. The first kappa shape index (κ1) is 21.9. The van der Waals surface area contributed by atoms with E-state index in [1.807, 2.05) is 37.3 Å². The van der Waals surface area contributed by atoms with Crippen LogP contribution in [0.3, 0.4) is 0 Å². The molecular weight excluding hydrogens is 468 g/mol. The molecule has 0 fully saturated rings. The number of para-hydroxylation sites is 1. The highest BCUT2D eigenvalue weighted by Crippen LogP contribution is 2.30. The summed E-state index contributed by atoms with van der Waals surface area (Å²) in [5, 5.41) is 2.90. The second-order valence-corrected chi connectivity index (χ2v) is 9.12. The molecule has 30 heavy (non-hydrogen) atoms. The van der Waals surface area contributed by atoms with Crippen molar-refractivity contribution in [2.75, 3.05) is 11.8 Å². The van der Waals surface area contributed by atoms with Gasteiger partial charge in [-0.2, -0.15) is 0 Å². The lowest BCUT2D eigenvalue weighted by molar-refractivity contribution is 0.0941. The fraction of sp³-hybridized carbons (Fsp3) is 0.136. The molecule has 0 aromatic heterocycles. The molecule has 0 radical (unpaired) electrons. The molecule has 0 spiro atoms. The van der Waals surface area contributed by atoms with Crippen LogP contribution in [0.25, 0.3) is 0 Å². The van der Waals surface area contributed by atoms with Gasteiger partial charge in [-0.15, -0.1) is 0 Å². The monoisotopic (exact) mass is 488 g/mol. The van der Waals surface area contributed by atoms with Gasteiger partial charge in [-0.1, -0.05) is 58.4 Å². The van der Waals surface area contributed by atoms with E-state index in [9.17, 15) is 13.2 Å². The third-order valence-electron chi connectivity index (χ3n) is 4.48. The molecule has 1 atom stereocenters. The van der Waals surface area contributed by atoms with Gasteiger partial charge in [0.15, 0.2) is 0 Å². The van der Waals surface area contributed by atoms with Crippen LogP contribution in [-0.4, -0.2) is 21.4 Å². The topological polar surface area (TPSA) is 84.5 Å². The van der Waals surface area contributed by atoms with Crippen LogP contribution >= 0.6 is 15.9 Å². The van der Waals surface area contributed by atoms with Crippen molar-refractivity contribution in [3.63, 3.8) is 0 Å². The summed E-state index contributed by atoms with van der Waals surface area (Å²) in [7, 11) is -2.60. The molecule has 0 heterocycles. The highest BCUT2D eigenvalue weighted by Gasteiger charge is 2.23. The molecule has 6 nitrogen and oxygen atoms in total. The maximum absolute atomic E-state index is 13.0. The number of sulfonamides is 1. The molecule has 0 aliphatic heterocycles. The van der Waals surface area contributed by atoms with Gasteiger partial charge in [0.2, 0.25) is 0 Å². The van der Waals surface area contributed by atoms with Gasteiger partial charge in [-0.05, 0) is 42.8 Å². The minimum Gasteiger partial charge on any atom is -0.495 e. The van der Waals surface area contributed by atoms with Gasteiger partial charge in [-0.3, -0.25) is 9.52 Å². The van der Waals surface area contributed by atoms with Gasteiger partial charge in [0, 0.05) is 4.47 Å². The van der Waals surface area contributed by atoms with Gasteiger partial charge in [-0.25, -0.2) is 8.42 Å². The first-order valence-electron chi connectivity index (χ1n) is 9.13. The predicted octanol–water partition coefficient (Wildman–Crippen LogP) is 4.75. The molecule has 0 aliphatic carbocycles. The number of benzene rings is 3. The minimum absolute atomic E-state index is 0.0350. The van der Waals surface area contributed by atoms with Crippen LogP contribution in [0.1, 0.15) is 28.9 Å². The number of nitrogens with one attached hydrogen (secondary N) is 2. The van der Waals surface area contributed by atoms with E-state index >= 15 is 0 Å². The van der Waals surface area contributed by atoms with Gasteiger partial charge in [0.1, 0.15) is 10.6 Å². The first-order valence-corrected chi connectivity index (χ1v) is 11.4. The van der Waals surface area contributed by atoms with Crippen LogP contribution in [0.4, 0.5) is 5.69 Å². The summed E-state index contributed by atoms with van der Waals surface area (Å²) in [5.74, 6) is -0.184. The number of methoxy groups -OCH3 is 1. The fourth-order valence-electron chi connectivity index (χ4n) is 2.93. The average molecular weight is 489 g/mol. The van der Waals surface area contributed by atoms with E-state index in [1.165, 1.54) is 13.2 Å². The molecule has 3 aromatic rings. The number of hydrogen-bond donors (Lipinski definition) is 2. The van der Waals surface area contributed by atoms with E-state index in [0.717, 1.165) is 5.56 Å². The number of carbonyl (C=O) groups is 1. The lowest BCUT2D eigenvalue weighted by Crippen LogP contribution is -2.28. The van der Waals surface area contributed by atoms with E-state index in [-0.39, 0.29) is 33.8 Å². The Bertz CT molecular complexity index is 1150. The van der Waals surface area contributed by atoms with E-state index in [1.54, 1.807) is 36.4 Å². The molecule has 0 saturated heterocycles. The Kier molecular flexibility index (Phi) is 6.79. The van der Waals surface area contributed by atoms with Gasteiger partial charge >= 0.3 is 0 Å². The van der Waals surface area contributed by atoms with Crippen LogP contribution in [0, 0.1) is 0 Å². The minimum atomic E-state index is -4.00. The fourth-order valence-corrected chi connectivity index (χ4v) is 4.72. The molecule has 0 saturated carbocycles. The molecule has 0 aliphatic rings. The SMILES string of the molecule is COc1ccc(Br)cc1S(=O)(=O)Nc1ccccc1C(=O)NC(C)c1ccccc1. The van der Waals surface area contributed by atoms with Crippen molar-refractivity contribution in [3.05, 3.63) is 88.4 Å². The number of ether oxygens (including phenoxy) is 1. The van der Waals surface area contributed by atoms with Crippen LogP contribution in [0.2, 0.25) is 0 Å². The van der Waals surface area contributed by atoms with Crippen LogP contribution in [0.15, 0.2) is 82.2 Å². The highest BCUT2D eigenvalue weighted by molar-refractivity contribution is 9.10.